The van der Waals surface area contributed by atoms with Gasteiger partial charge in [0.1, 0.15) is 12.2 Å². The first-order valence-corrected chi connectivity index (χ1v) is 16.3. The third kappa shape index (κ3) is 8.74. The number of aliphatic hydroxyl groups excluding tert-OH is 2. The average molecular weight is 687 g/mol. The van der Waals surface area contributed by atoms with E-state index >= 15 is 0 Å². The number of carboxylic acids is 1. The predicted octanol–water partition coefficient (Wildman–Crippen LogP) is 3.68. The molecule has 1 aliphatic carbocycles. The van der Waals surface area contributed by atoms with Crippen LogP contribution < -0.4 is 16.0 Å². The summed E-state index contributed by atoms with van der Waals surface area (Å²) in [5.41, 5.74) is 2.28. The molecule has 0 bridgehead atoms. The van der Waals surface area contributed by atoms with Gasteiger partial charge in [-0.3, -0.25) is 4.79 Å². The highest BCUT2D eigenvalue weighted by atomic mass is 19.4. The third-order valence-corrected chi connectivity index (χ3v) is 8.83. The minimum Gasteiger partial charge on any atom is -0.475 e. The van der Waals surface area contributed by atoms with Gasteiger partial charge in [-0.05, 0) is 48.7 Å². The maximum absolute atomic E-state index is 12.0. The zero-order valence-electron chi connectivity index (χ0n) is 27.0. The lowest BCUT2D eigenvalue weighted by Gasteiger charge is -2.26. The van der Waals surface area contributed by atoms with Gasteiger partial charge in [0.2, 0.25) is 11.9 Å². The molecule has 6 rings (SSSR count). The Morgan fingerprint density at radius 3 is 2.41 bits per heavy atom. The Bertz CT molecular complexity index is 1740. The van der Waals surface area contributed by atoms with Crippen molar-refractivity contribution in [3.05, 3.63) is 54.4 Å². The molecule has 2 aromatic carbocycles. The van der Waals surface area contributed by atoms with E-state index in [0.29, 0.717) is 48.9 Å². The number of alkyl halides is 3. The highest BCUT2D eigenvalue weighted by Gasteiger charge is 2.44. The van der Waals surface area contributed by atoms with Gasteiger partial charge in [-0.15, -0.1) is 0 Å². The molecule has 0 unspecified atom stereocenters. The Morgan fingerprint density at radius 1 is 0.980 bits per heavy atom. The highest BCUT2D eigenvalue weighted by molar-refractivity contribution is 5.87. The van der Waals surface area contributed by atoms with Crippen molar-refractivity contribution in [1.82, 2.24) is 29.7 Å². The van der Waals surface area contributed by atoms with E-state index in [-0.39, 0.29) is 5.91 Å². The minimum atomic E-state index is -5.08. The Hall–Kier alpha value is -4.54. The smallest absolute Gasteiger partial charge is 0.475 e. The molecule has 0 spiro atoms. The van der Waals surface area contributed by atoms with Gasteiger partial charge in [0.15, 0.2) is 17.0 Å². The number of carboxylic acid groups (broad SMARTS) is 1. The number of aliphatic hydroxyl groups is 2. The molecule has 2 aliphatic rings. The van der Waals surface area contributed by atoms with Crippen molar-refractivity contribution >= 4 is 45.6 Å². The van der Waals surface area contributed by atoms with E-state index in [2.05, 4.69) is 56.2 Å². The Labute approximate surface area is 280 Å². The second-order valence-electron chi connectivity index (χ2n) is 12.2. The summed E-state index contributed by atoms with van der Waals surface area (Å²) in [4.78, 5) is 37.7. The highest BCUT2D eigenvalue weighted by Crippen LogP contribution is 2.34. The first-order chi connectivity index (χ1) is 23.5. The van der Waals surface area contributed by atoms with Gasteiger partial charge < -0.3 is 40.7 Å². The van der Waals surface area contributed by atoms with E-state index in [4.69, 9.17) is 19.9 Å². The number of halogens is 3. The number of hydrogen-bond acceptors (Lipinski definition) is 10. The van der Waals surface area contributed by atoms with E-state index in [1.54, 1.807) is 13.3 Å². The van der Waals surface area contributed by atoms with Gasteiger partial charge in [0.25, 0.3) is 0 Å². The lowest BCUT2D eigenvalue weighted by Crippen LogP contribution is -2.42. The van der Waals surface area contributed by atoms with Crippen LogP contribution in [0.1, 0.15) is 50.6 Å². The summed E-state index contributed by atoms with van der Waals surface area (Å²) >= 11 is 0. The zero-order valence-corrected chi connectivity index (χ0v) is 27.0. The fraction of sp³-hybridized carbons (Fsp3) is 0.485. The number of hydrogen-bond donors (Lipinski definition) is 6. The molecule has 1 amide bonds. The number of nitrogens with one attached hydrogen (secondary N) is 3. The van der Waals surface area contributed by atoms with Crippen molar-refractivity contribution in [3.63, 3.8) is 0 Å². The van der Waals surface area contributed by atoms with Crippen LogP contribution in [0.2, 0.25) is 0 Å². The fourth-order valence-electron chi connectivity index (χ4n) is 6.23. The molecule has 3 heterocycles. The number of benzene rings is 2. The topological polar surface area (TPSA) is 178 Å². The van der Waals surface area contributed by atoms with Crippen LogP contribution in [0.4, 0.5) is 24.9 Å². The summed E-state index contributed by atoms with van der Waals surface area (Å²) in [5, 5.41) is 40.9. The van der Waals surface area contributed by atoms with Gasteiger partial charge in [0, 0.05) is 26.1 Å². The van der Waals surface area contributed by atoms with E-state index in [0.717, 1.165) is 25.2 Å². The number of fused-ring (bicyclic) bond motifs is 2. The molecule has 4 aromatic rings. The molecule has 6 N–H and O–H groups in total. The molecular formula is C33H41F3N8O5. The summed E-state index contributed by atoms with van der Waals surface area (Å²) in [6, 6.07) is 13.5. The second kappa shape index (κ2) is 15.8. The van der Waals surface area contributed by atoms with Crippen molar-refractivity contribution in [3.8, 4) is 0 Å². The largest absolute Gasteiger partial charge is 0.490 e. The van der Waals surface area contributed by atoms with Gasteiger partial charge in [-0.1, -0.05) is 55.8 Å². The number of aromatic nitrogens is 4. The van der Waals surface area contributed by atoms with Crippen molar-refractivity contribution in [1.29, 1.82) is 0 Å². The van der Waals surface area contributed by atoms with Crippen molar-refractivity contribution in [2.24, 2.45) is 0 Å². The van der Waals surface area contributed by atoms with E-state index in [9.17, 15) is 28.2 Å². The summed E-state index contributed by atoms with van der Waals surface area (Å²) in [5.74, 6) is -1.85. The molecule has 1 saturated heterocycles. The van der Waals surface area contributed by atoms with E-state index < -0.39 is 36.4 Å². The van der Waals surface area contributed by atoms with Gasteiger partial charge in [-0.2, -0.15) is 23.1 Å². The number of nitrogens with zero attached hydrogens (tertiary/aromatic N) is 5. The number of carbonyl (C=O) groups excluding carboxylic acids is 1. The number of anilines is 2. The number of likely N-dealkylation sites (tertiary alicyclic amines) is 1. The van der Waals surface area contributed by atoms with Gasteiger partial charge >= 0.3 is 12.1 Å². The molecule has 264 valence electrons. The first kappa shape index (κ1) is 35.8. The van der Waals surface area contributed by atoms with Crippen molar-refractivity contribution in [2.75, 3.05) is 36.8 Å². The Morgan fingerprint density at radius 2 is 1.69 bits per heavy atom. The quantitative estimate of drug-likeness (QED) is 0.143. The molecule has 13 nitrogen and oxygen atoms in total. The summed E-state index contributed by atoms with van der Waals surface area (Å²) < 4.78 is 33.5. The van der Waals surface area contributed by atoms with Crippen LogP contribution in [-0.2, 0) is 16.1 Å². The number of aliphatic carboxylic acids is 1. The van der Waals surface area contributed by atoms with Crippen molar-refractivity contribution in [2.45, 2.75) is 76.0 Å². The second-order valence-corrected chi connectivity index (χ2v) is 12.2. The average Bonchev–Trinajstić information content (AvgIpc) is 3.63. The lowest BCUT2D eigenvalue weighted by molar-refractivity contribution is -0.192. The van der Waals surface area contributed by atoms with E-state index in [1.807, 2.05) is 16.7 Å². The van der Waals surface area contributed by atoms with Crippen LogP contribution in [-0.4, -0.2) is 102 Å². The van der Waals surface area contributed by atoms with Crippen LogP contribution in [0.3, 0.4) is 0 Å². The molecule has 16 heteroatoms. The normalized spacial score (nSPS) is 21.3. The number of carbonyl (C=O) groups is 2. The maximum atomic E-state index is 12.0. The number of piperidine rings is 1. The number of imidazole rings is 1. The predicted molar refractivity (Wildman–Crippen MR) is 177 cm³/mol. The summed E-state index contributed by atoms with van der Waals surface area (Å²) in [6.45, 7) is 6.15. The van der Waals surface area contributed by atoms with Gasteiger partial charge in [0.05, 0.1) is 18.4 Å². The van der Waals surface area contributed by atoms with Crippen LogP contribution in [0.15, 0.2) is 48.8 Å². The molecule has 1 saturated carbocycles. The maximum Gasteiger partial charge on any atom is 0.490 e. The molecule has 1 aliphatic heterocycles. The monoisotopic (exact) mass is 686 g/mol. The molecule has 2 aromatic heterocycles. The zero-order chi connectivity index (χ0) is 35.1. The van der Waals surface area contributed by atoms with Crippen LogP contribution in [0.25, 0.3) is 21.9 Å². The standard InChI is InChI=1S/C31H40N8O3.C2HF3O2/c1-2-25(40)35-23-17-24(28(42)27(23)41)39-19-34-26-29(33-18-21-11-8-10-20-9-4-5-12-22(20)21)36-31(37-30(26)39)32-13-16-38-14-6-3-7-15-38;3-2(4,5)1(6)7/h4-5,8-12,19,23-24,27-28,41-42H,2-3,6-7,13-18H2,1H3,(H,35,40)(H2,32,33,36,37);(H,6,7)/t23-,24+,27+,28-;/m0./s1. The van der Waals surface area contributed by atoms with Gasteiger partial charge in [-0.25, -0.2) is 9.78 Å². The van der Waals surface area contributed by atoms with Crippen molar-refractivity contribution < 1.29 is 38.1 Å². The molecule has 4 atom stereocenters. The fourth-order valence-corrected chi connectivity index (χ4v) is 6.23. The lowest BCUT2D eigenvalue weighted by atomic mass is 10.0. The first-order valence-electron chi connectivity index (χ1n) is 16.3. The molecule has 49 heavy (non-hydrogen) atoms. The van der Waals surface area contributed by atoms with Crippen LogP contribution in [0, 0.1) is 0 Å². The number of rotatable bonds is 10. The minimum absolute atomic E-state index is 0.162. The summed E-state index contributed by atoms with van der Waals surface area (Å²) in [6.07, 6.45) is -1.17. The third-order valence-electron chi connectivity index (χ3n) is 8.83. The molecule has 2 fully saturated rings. The number of amides is 1. The van der Waals surface area contributed by atoms with Crippen LogP contribution >= 0.6 is 0 Å². The van der Waals surface area contributed by atoms with E-state index in [1.165, 1.54) is 30.0 Å². The molecule has 0 radical (unpaired) electrons. The SMILES string of the molecule is CCC(=O)N[C@H]1C[C@@H](n2cnc3c(NCc4cccc5ccccc45)nc(NCCN4CCCCC4)nc32)[C@H](O)[C@@H]1O.O=C(O)C(F)(F)F. The summed E-state index contributed by atoms with van der Waals surface area (Å²) in [7, 11) is 0. The Kier molecular flexibility index (Phi) is 11.5. The molecular weight excluding hydrogens is 645 g/mol. The Balaban J connectivity index is 0.000000606. The van der Waals surface area contributed by atoms with Crippen LogP contribution in [0.5, 0.6) is 0 Å².